The van der Waals surface area contributed by atoms with E-state index in [1.165, 1.54) is 53.2 Å². The molecule has 0 N–H and O–H groups in total. The molecule has 0 aliphatic rings. The fraction of sp³-hybridized carbons (Fsp3) is 0. The molecule has 0 aliphatic heterocycles. The second-order valence-electron chi connectivity index (χ2n) is 14.1. The van der Waals surface area contributed by atoms with Crippen molar-refractivity contribution in [2.75, 3.05) is 4.90 Å². The highest BCUT2D eigenvalue weighted by Crippen LogP contribution is 2.49. The van der Waals surface area contributed by atoms with Gasteiger partial charge in [0.1, 0.15) is 5.58 Å². The lowest BCUT2D eigenvalue weighted by Gasteiger charge is -2.28. The minimum atomic E-state index is 0.868. The molecule has 0 saturated heterocycles. The van der Waals surface area contributed by atoms with Gasteiger partial charge in [0.15, 0.2) is 5.58 Å². The molecule has 3 heteroatoms. The Morgan fingerprint density at radius 3 is 1.78 bits per heavy atom. The van der Waals surface area contributed by atoms with Gasteiger partial charge in [0.05, 0.1) is 5.69 Å². The van der Waals surface area contributed by atoms with E-state index in [-0.39, 0.29) is 0 Å². The Morgan fingerprint density at radius 2 is 0.964 bits per heavy atom. The Bertz CT molecular complexity index is 3190. The number of hydrogen-bond acceptors (Lipinski definition) is 3. The highest BCUT2D eigenvalue weighted by atomic mass is 32.1. The lowest BCUT2D eigenvalue weighted by molar-refractivity contribution is 0.669. The predicted molar refractivity (Wildman–Crippen MR) is 235 cm³/mol. The van der Waals surface area contributed by atoms with Crippen molar-refractivity contribution in [3.05, 3.63) is 200 Å². The molecule has 0 saturated carbocycles. The molecule has 0 fully saturated rings. The lowest BCUT2D eigenvalue weighted by atomic mass is 9.97. The van der Waals surface area contributed by atoms with Crippen molar-refractivity contribution in [2.24, 2.45) is 0 Å². The standard InChI is InChI=1S/C52H33NOS/c1-2-11-38(12-3-1)43-30-31-47-44-14-6-8-16-48(44)54-52(47)51(43)53(42-28-29-46-45-15-7-9-17-49(45)55-50(46)33-42)41-26-24-36(25-27-41)35-18-20-37(21-19-35)40-23-22-34-10-4-5-13-39(34)32-40/h1-33H. The van der Waals surface area contributed by atoms with E-state index < -0.39 is 0 Å². The van der Waals surface area contributed by atoms with E-state index in [1.807, 2.05) is 17.4 Å². The molecule has 0 bridgehead atoms. The second-order valence-corrected chi connectivity index (χ2v) is 15.2. The van der Waals surface area contributed by atoms with Crippen LogP contribution in [0.15, 0.2) is 205 Å². The monoisotopic (exact) mass is 719 g/mol. The Labute approximate surface area is 322 Å². The van der Waals surface area contributed by atoms with Gasteiger partial charge in [0, 0.05) is 47.9 Å². The highest BCUT2D eigenvalue weighted by Gasteiger charge is 2.24. The minimum absolute atomic E-state index is 0.868. The van der Waals surface area contributed by atoms with Crippen molar-refractivity contribution in [3.8, 4) is 33.4 Å². The first kappa shape index (κ1) is 31.6. The van der Waals surface area contributed by atoms with Crippen LogP contribution in [0.4, 0.5) is 17.1 Å². The molecule has 0 aliphatic carbocycles. The minimum Gasteiger partial charge on any atom is -0.454 e. The molecule has 0 radical (unpaired) electrons. The number of thiophene rings is 1. The average molecular weight is 720 g/mol. The largest absolute Gasteiger partial charge is 0.454 e. The first-order valence-electron chi connectivity index (χ1n) is 18.7. The third-order valence-corrected chi connectivity index (χ3v) is 12.0. The van der Waals surface area contributed by atoms with Crippen LogP contribution < -0.4 is 4.90 Å². The van der Waals surface area contributed by atoms with E-state index in [9.17, 15) is 0 Å². The van der Waals surface area contributed by atoms with E-state index in [4.69, 9.17) is 4.42 Å². The number of hydrogen-bond donors (Lipinski definition) is 0. The normalized spacial score (nSPS) is 11.6. The number of fused-ring (bicyclic) bond motifs is 7. The van der Waals surface area contributed by atoms with Crippen LogP contribution >= 0.6 is 11.3 Å². The van der Waals surface area contributed by atoms with Crippen molar-refractivity contribution in [1.29, 1.82) is 0 Å². The molecule has 0 amide bonds. The van der Waals surface area contributed by atoms with Gasteiger partial charge in [-0.15, -0.1) is 11.3 Å². The molecule has 11 rings (SSSR count). The molecule has 258 valence electrons. The fourth-order valence-corrected chi connectivity index (χ4v) is 9.27. The van der Waals surface area contributed by atoms with Gasteiger partial charge in [-0.2, -0.15) is 0 Å². The molecule has 11 aromatic rings. The molecule has 2 heterocycles. The quantitative estimate of drug-likeness (QED) is 0.170. The summed E-state index contributed by atoms with van der Waals surface area (Å²) in [5, 5.41) is 7.29. The molecule has 0 atom stereocenters. The van der Waals surface area contributed by atoms with Crippen LogP contribution in [0, 0.1) is 0 Å². The SMILES string of the molecule is c1ccc(-c2ccc3c(oc4ccccc43)c2N(c2ccc(-c3ccc(-c4ccc5ccccc5c4)cc3)cc2)c2ccc3c(c2)sc2ccccc23)cc1. The van der Waals surface area contributed by atoms with Gasteiger partial charge in [-0.05, 0) is 87.1 Å². The summed E-state index contributed by atoms with van der Waals surface area (Å²) in [5.74, 6) is 0. The smallest absolute Gasteiger partial charge is 0.160 e. The van der Waals surface area contributed by atoms with Gasteiger partial charge in [-0.3, -0.25) is 0 Å². The molecule has 55 heavy (non-hydrogen) atoms. The number of nitrogens with zero attached hydrogens (tertiary/aromatic N) is 1. The molecular weight excluding hydrogens is 687 g/mol. The van der Waals surface area contributed by atoms with Crippen LogP contribution in [-0.2, 0) is 0 Å². The summed E-state index contributed by atoms with van der Waals surface area (Å²) in [5.41, 5.74) is 11.9. The summed E-state index contributed by atoms with van der Waals surface area (Å²) in [6.45, 7) is 0. The van der Waals surface area contributed by atoms with E-state index >= 15 is 0 Å². The van der Waals surface area contributed by atoms with Crippen LogP contribution in [-0.4, -0.2) is 0 Å². The first-order valence-corrected chi connectivity index (χ1v) is 19.5. The van der Waals surface area contributed by atoms with Crippen molar-refractivity contribution in [3.63, 3.8) is 0 Å². The van der Waals surface area contributed by atoms with Crippen LogP contribution in [0.3, 0.4) is 0 Å². The second kappa shape index (κ2) is 12.9. The zero-order valence-electron chi connectivity index (χ0n) is 29.8. The maximum Gasteiger partial charge on any atom is 0.160 e. The van der Waals surface area contributed by atoms with Crippen LogP contribution in [0.2, 0.25) is 0 Å². The summed E-state index contributed by atoms with van der Waals surface area (Å²) in [6.07, 6.45) is 0. The number of rotatable bonds is 6. The van der Waals surface area contributed by atoms with Crippen molar-refractivity contribution in [2.45, 2.75) is 0 Å². The van der Waals surface area contributed by atoms with E-state index in [2.05, 4.69) is 199 Å². The zero-order chi connectivity index (χ0) is 36.3. The van der Waals surface area contributed by atoms with Crippen LogP contribution in [0.25, 0.3) is 86.3 Å². The molecular formula is C52H33NOS. The maximum atomic E-state index is 6.83. The van der Waals surface area contributed by atoms with Gasteiger partial charge >= 0.3 is 0 Å². The first-order chi connectivity index (χ1) is 27.2. The van der Waals surface area contributed by atoms with Crippen LogP contribution in [0.5, 0.6) is 0 Å². The van der Waals surface area contributed by atoms with Crippen molar-refractivity contribution < 1.29 is 4.42 Å². The van der Waals surface area contributed by atoms with E-state index in [1.54, 1.807) is 0 Å². The number of para-hydroxylation sites is 1. The van der Waals surface area contributed by atoms with Gasteiger partial charge in [0.2, 0.25) is 0 Å². The summed E-state index contributed by atoms with van der Waals surface area (Å²) >= 11 is 1.84. The fourth-order valence-electron chi connectivity index (χ4n) is 8.14. The average Bonchev–Trinajstić information content (AvgIpc) is 3.83. The number of anilines is 3. The zero-order valence-corrected chi connectivity index (χ0v) is 30.6. The Kier molecular flexibility index (Phi) is 7.39. The third kappa shape index (κ3) is 5.40. The highest BCUT2D eigenvalue weighted by molar-refractivity contribution is 7.25. The van der Waals surface area contributed by atoms with Crippen LogP contribution in [0.1, 0.15) is 0 Å². The topological polar surface area (TPSA) is 16.4 Å². The van der Waals surface area contributed by atoms with E-state index in [0.29, 0.717) is 0 Å². The molecule has 9 aromatic carbocycles. The Balaban J connectivity index is 1.07. The third-order valence-electron chi connectivity index (χ3n) is 10.9. The molecule has 2 nitrogen and oxygen atoms in total. The lowest BCUT2D eigenvalue weighted by Crippen LogP contribution is -2.11. The van der Waals surface area contributed by atoms with Gasteiger partial charge in [-0.1, -0.05) is 152 Å². The summed E-state index contributed by atoms with van der Waals surface area (Å²) in [6, 6.07) is 72.2. The molecule has 0 spiro atoms. The van der Waals surface area contributed by atoms with Gasteiger partial charge in [-0.25, -0.2) is 0 Å². The van der Waals surface area contributed by atoms with Crippen molar-refractivity contribution >= 4 is 81.3 Å². The van der Waals surface area contributed by atoms with E-state index in [0.717, 1.165) is 50.1 Å². The summed E-state index contributed by atoms with van der Waals surface area (Å²) < 4.78 is 9.38. The van der Waals surface area contributed by atoms with Crippen molar-refractivity contribution in [1.82, 2.24) is 0 Å². The Morgan fingerprint density at radius 1 is 0.364 bits per heavy atom. The van der Waals surface area contributed by atoms with Gasteiger partial charge in [0.25, 0.3) is 0 Å². The maximum absolute atomic E-state index is 6.83. The predicted octanol–water partition coefficient (Wildman–Crippen LogP) is 15.6. The summed E-state index contributed by atoms with van der Waals surface area (Å²) in [7, 11) is 0. The summed E-state index contributed by atoms with van der Waals surface area (Å²) in [4.78, 5) is 2.39. The number of benzene rings is 9. The Hall–Kier alpha value is -6.94. The number of furan rings is 1. The van der Waals surface area contributed by atoms with Gasteiger partial charge < -0.3 is 9.32 Å². The molecule has 0 unspecified atom stereocenters. The molecule has 2 aromatic heterocycles.